The molecule has 148 valence electrons. The van der Waals surface area contributed by atoms with Crippen LogP contribution in [0.5, 0.6) is 0 Å². The molecule has 0 N–H and O–H groups in total. The van der Waals surface area contributed by atoms with Gasteiger partial charge in [0.2, 0.25) is 5.91 Å². The van der Waals surface area contributed by atoms with E-state index in [0.717, 1.165) is 51.1 Å². The molecule has 1 unspecified atom stereocenters. The minimum absolute atomic E-state index is 0.192. The molecule has 0 spiro atoms. The summed E-state index contributed by atoms with van der Waals surface area (Å²) < 4.78 is 13.1. The first-order valence-corrected chi connectivity index (χ1v) is 10.2. The van der Waals surface area contributed by atoms with Gasteiger partial charge in [0.05, 0.1) is 12.6 Å². The lowest BCUT2D eigenvalue weighted by Crippen LogP contribution is -2.50. The highest BCUT2D eigenvalue weighted by molar-refractivity contribution is 5.78. The second-order valence-corrected chi connectivity index (χ2v) is 7.85. The van der Waals surface area contributed by atoms with Crippen LogP contribution in [-0.4, -0.2) is 55.5 Å². The normalized spacial score (nSPS) is 19.9. The van der Waals surface area contributed by atoms with Gasteiger partial charge >= 0.3 is 0 Å². The van der Waals surface area contributed by atoms with Crippen molar-refractivity contribution in [1.29, 1.82) is 0 Å². The highest BCUT2D eigenvalue weighted by atomic mass is 19.1. The highest BCUT2D eigenvalue weighted by Crippen LogP contribution is 2.33. The van der Waals surface area contributed by atoms with Crippen molar-refractivity contribution < 1.29 is 9.18 Å². The first kappa shape index (κ1) is 18.9. The van der Waals surface area contributed by atoms with Gasteiger partial charge in [-0.3, -0.25) is 9.69 Å². The SMILES string of the molecule is CN(C(=O)CN1CCN(c2ccc(F)cc2)CC1)C1CCCc2ccccc21. The predicted octanol–water partition coefficient (Wildman–Crippen LogP) is 3.48. The maximum absolute atomic E-state index is 13.1. The number of piperazine rings is 1. The van der Waals surface area contributed by atoms with Crippen LogP contribution in [0.2, 0.25) is 0 Å². The number of benzene rings is 2. The zero-order valence-electron chi connectivity index (χ0n) is 16.5. The fourth-order valence-electron chi connectivity index (χ4n) is 4.42. The topological polar surface area (TPSA) is 26.8 Å². The molecule has 0 bridgehead atoms. The second kappa shape index (κ2) is 8.31. The smallest absolute Gasteiger partial charge is 0.237 e. The molecule has 1 heterocycles. The summed E-state index contributed by atoms with van der Waals surface area (Å²) in [4.78, 5) is 19.4. The molecule has 2 aromatic rings. The van der Waals surface area contributed by atoms with Crippen LogP contribution in [0.1, 0.15) is 30.0 Å². The summed E-state index contributed by atoms with van der Waals surface area (Å²) in [5.74, 6) is -0.0164. The number of halogens is 1. The van der Waals surface area contributed by atoms with Crippen molar-refractivity contribution in [2.45, 2.75) is 25.3 Å². The van der Waals surface area contributed by atoms with Crippen molar-refractivity contribution in [1.82, 2.24) is 9.80 Å². The monoisotopic (exact) mass is 381 g/mol. The number of anilines is 1. The number of hydrogen-bond donors (Lipinski definition) is 0. The average molecular weight is 381 g/mol. The Labute approximate surface area is 166 Å². The highest BCUT2D eigenvalue weighted by Gasteiger charge is 2.28. The molecule has 1 saturated heterocycles. The van der Waals surface area contributed by atoms with Crippen molar-refractivity contribution in [3.05, 3.63) is 65.5 Å². The molecule has 2 aliphatic rings. The van der Waals surface area contributed by atoms with Gasteiger partial charge in [-0.1, -0.05) is 24.3 Å². The Kier molecular flexibility index (Phi) is 5.62. The van der Waals surface area contributed by atoms with Crippen molar-refractivity contribution in [3.8, 4) is 0 Å². The lowest BCUT2D eigenvalue weighted by Gasteiger charge is -2.38. The van der Waals surface area contributed by atoms with Crippen LogP contribution in [-0.2, 0) is 11.2 Å². The fraction of sp³-hybridized carbons (Fsp3) is 0.435. The van der Waals surface area contributed by atoms with Crippen LogP contribution in [0.15, 0.2) is 48.5 Å². The van der Waals surface area contributed by atoms with Crippen LogP contribution < -0.4 is 4.90 Å². The van der Waals surface area contributed by atoms with Crippen LogP contribution >= 0.6 is 0 Å². The van der Waals surface area contributed by atoms with Gasteiger partial charge in [-0.2, -0.15) is 0 Å². The van der Waals surface area contributed by atoms with Crippen molar-refractivity contribution in [2.24, 2.45) is 0 Å². The number of likely N-dealkylation sites (N-methyl/N-ethyl adjacent to an activating group) is 1. The van der Waals surface area contributed by atoms with Gasteiger partial charge in [-0.25, -0.2) is 4.39 Å². The number of hydrogen-bond acceptors (Lipinski definition) is 3. The third-order valence-corrected chi connectivity index (χ3v) is 6.12. The van der Waals surface area contributed by atoms with Crippen molar-refractivity contribution in [3.63, 3.8) is 0 Å². The standard InChI is InChI=1S/C23H28FN3O/c1-25(22-8-4-6-18-5-2-3-7-21(18)22)23(28)17-26-13-15-27(16-14-26)20-11-9-19(24)10-12-20/h2-3,5,7,9-12,22H,4,6,8,13-17H2,1H3. The molecule has 5 heteroatoms. The Hall–Kier alpha value is -2.40. The molecule has 1 aliphatic carbocycles. The summed E-state index contributed by atoms with van der Waals surface area (Å²) in [5.41, 5.74) is 3.74. The third-order valence-electron chi connectivity index (χ3n) is 6.12. The second-order valence-electron chi connectivity index (χ2n) is 7.85. The summed E-state index contributed by atoms with van der Waals surface area (Å²) in [5, 5.41) is 0. The zero-order valence-corrected chi connectivity index (χ0v) is 16.5. The molecule has 0 saturated carbocycles. The van der Waals surface area contributed by atoms with Crippen LogP contribution in [0.25, 0.3) is 0 Å². The van der Waals surface area contributed by atoms with E-state index in [2.05, 4.69) is 34.1 Å². The number of rotatable bonds is 4. The molecule has 1 aliphatic heterocycles. The first-order chi connectivity index (χ1) is 13.6. The van der Waals surface area contributed by atoms with Crippen LogP contribution in [0.4, 0.5) is 10.1 Å². The molecular formula is C23H28FN3O. The van der Waals surface area contributed by atoms with Gasteiger partial charge in [-0.05, 0) is 54.7 Å². The molecule has 1 fully saturated rings. The Balaban J connectivity index is 1.33. The first-order valence-electron chi connectivity index (χ1n) is 10.2. The van der Waals surface area contributed by atoms with E-state index in [1.807, 2.05) is 24.1 Å². The lowest BCUT2D eigenvalue weighted by molar-refractivity contribution is -0.133. The number of carbonyl (C=O) groups excluding carboxylic acids is 1. The molecule has 4 rings (SSSR count). The van der Waals surface area contributed by atoms with E-state index in [1.54, 1.807) is 0 Å². The van der Waals surface area contributed by atoms with E-state index in [0.29, 0.717) is 6.54 Å². The van der Waals surface area contributed by atoms with Gasteiger partial charge in [0, 0.05) is 38.9 Å². The summed E-state index contributed by atoms with van der Waals surface area (Å²) in [6.45, 7) is 3.87. The van der Waals surface area contributed by atoms with Gasteiger partial charge in [-0.15, -0.1) is 0 Å². The maximum Gasteiger partial charge on any atom is 0.237 e. The molecule has 4 nitrogen and oxygen atoms in total. The molecule has 2 aromatic carbocycles. The predicted molar refractivity (Wildman–Crippen MR) is 110 cm³/mol. The van der Waals surface area contributed by atoms with Crippen molar-refractivity contribution >= 4 is 11.6 Å². The van der Waals surface area contributed by atoms with Gasteiger partial charge in [0.15, 0.2) is 0 Å². The minimum Gasteiger partial charge on any atom is -0.369 e. The van der Waals surface area contributed by atoms with Gasteiger partial charge < -0.3 is 9.80 Å². The molecule has 0 radical (unpaired) electrons. The van der Waals surface area contributed by atoms with E-state index >= 15 is 0 Å². The van der Waals surface area contributed by atoms with Crippen LogP contribution in [0, 0.1) is 5.82 Å². The quantitative estimate of drug-likeness (QED) is 0.811. The van der Waals surface area contributed by atoms with E-state index < -0.39 is 0 Å². The fourth-order valence-corrected chi connectivity index (χ4v) is 4.42. The Morgan fingerprint density at radius 1 is 1.07 bits per heavy atom. The minimum atomic E-state index is -0.208. The van der Waals surface area contributed by atoms with Gasteiger partial charge in [0.25, 0.3) is 0 Å². The zero-order chi connectivity index (χ0) is 19.5. The molecular weight excluding hydrogens is 353 g/mol. The van der Waals surface area contributed by atoms with Crippen LogP contribution in [0.3, 0.4) is 0 Å². The maximum atomic E-state index is 13.1. The molecule has 1 atom stereocenters. The Morgan fingerprint density at radius 3 is 2.54 bits per heavy atom. The Morgan fingerprint density at radius 2 is 1.79 bits per heavy atom. The van der Waals surface area contributed by atoms with E-state index in [-0.39, 0.29) is 17.8 Å². The number of amides is 1. The van der Waals surface area contributed by atoms with E-state index in [1.165, 1.54) is 23.3 Å². The summed E-state index contributed by atoms with van der Waals surface area (Å²) in [6.07, 6.45) is 3.29. The number of carbonyl (C=O) groups is 1. The number of nitrogens with zero attached hydrogens (tertiary/aromatic N) is 3. The molecule has 28 heavy (non-hydrogen) atoms. The van der Waals surface area contributed by atoms with E-state index in [4.69, 9.17) is 0 Å². The van der Waals surface area contributed by atoms with Gasteiger partial charge in [0.1, 0.15) is 5.82 Å². The summed E-state index contributed by atoms with van der Waals surface area (Å²) in [6, 6.07) is 15.4. The van der Waals surface area contributed by atoms with E-state index in [9.17, 15) is 9.18 Å². The third kappa shape index (κ3) is 4.04. The summed E-state index contributed by atoms with van der Waals surface area (Å²) in [7, 11) is 1.95. The lowest BCUT2D eigenvalue weighted by atomic mass is 9.87. The molecule has 1 amide bonds. The summed E-state index contributed by atoms with van der Waals surface area (Å²) >= 11 is 0. The number of fused-ring (bicyclic) bond motifs is 1. The Bertz CT molecular complexity index is 815. The molecule has 0 aromatic heterocycles. The van der Waals surface area contributed by atoms with Crippen molar-refractivity contribution in [2.75, 3.05) is 44.7 Å². The number of aryl methyl sites for hydroxylation is 1. The largest absolute Gasteiger partial charge is 0.369 e. The average Bonchev–Trinajstić information content (AvgIpc) is 2.74.